The molecule has 1 aromatic heterocycles. The number of nitrogens with zero attached hydrogens (tertiary/aromatic N) is 4. The summed E-state index contributed by atoms with van der Waals surface area (Å²) in [6, 6.07) is 8.43. The lowest BCUT2D eigenvalue weighted by atomic mass is 9.84. The van der Waals surface area contributed by atoms with Gasteiger partial charge >= 0.3 is 0 Å². The minimum Gasteiger partial charge on any atom is -0.352 e. The largest absolute Gasteiger partial charge is 0.352 e. The molecule has 2 fully saturated rings. The molecular weight excluding hydrogens is 366 g/mol. The zero-order chi connectivity index (χ0) is 20.6. The number of benzene rings is 1. The molecule has 1 spiro atoms. The van der Waals surface area contributed by atoms with Gasteiger partial charge in [0, 0.05) is 51.6 Å². The number of para-hydroxylation sites is 2. The third kappa shape index (κ3) is 3.75. The van der Waals surface area contributed by atoms with Gasteiger partial charge in [-0.2, -0.15) is 0 Å². The summed E-state index contributed by atoms with van der Waals surface area (Å²) in [6.07, 6.45) is 2.81. The lowest BCUT2D eigenvalue weighted by Crippen LogP contribution is -2.52. The molecule has 2 aliphatic heterocycles. The number of carbonyl (C=O) groups is 2. The van der Waals surface area contributed by atoms with Crippen LogP contribution in [-0.4, -0.2) is 62.4 Å². The van der Waals surface area contributed by atoms with Gasteiger partial charge in [-0.3, -0.25) is 14.5 Å². The Morgan fingerprint density at radius 3 is 2.59 bits per heavy atom. The molecule has 0 radical (unpaired) electrons. The highest BCUT2D eigenvalue weighted by molar-refractivity contribution is 5.76. The Morgan fingerprint density at radius 2 is 1.93 bits per heavy atom. The first-order chi connectivity index (χ1) is 13.9. The number of imidazole rings is 1. The number of carbonyl (C=O) groups excluding carboxylic acids is 2. The Balaban J connectivity index is 1.61. The third-order valence-corrected chi connectivity index (χ3v) is 6.67. The quantitative estimate of drug-likeness (QED) is 0.858. The van der Waals surface area contributed by atoms with Crippen LogP contribution in [0.3, 0.4) is 0 Å². The predicted octanol–water partition coefficient (Wildman–Crippen LogP) is 2.15. The van der Waals surface area contributed by atoms with Gasteiger partial charge in [-0.05, 0) is 38.3 Å². The first-order valence-corrected chi connectivity index (χ1v) is 10.6. The second-order valence-electron chi connectivity index (χ2n) is 8.47. The molecule has 3 heterocycles. The molecule has 156 valence electrons. The number of piperidine rings is 1. The van der Waals surface area contributed by atoms with E-state index in [1.54, 1.807) is 13.8 Å². The smallest absolute Gasteiger partial charge is 0.219 e. The highest BCUT2D eigenvalue weighted by atomic mass is 16.2. The van der Waals surface area contributed by atoms with Crippen molar-refractivity contribution in [1.82, 2.24) is 24.7 Å². The van der Waals surface area contributed by atoms with Crippen molar-refractivity contribution < 1.29 is 9.59 Å². The number of fused-ring (bicyclic) bond motifs is 1. The Labute approximate surface area is 172 Å². The van der Waals surface area contributed by atoms with Crippen molar-refractivity contribution in [3.05, 3.63) is 30.1 Å². The molecule has 2 aromatic rings. The van der Waals surface area contributed by atoms with Crippen molar-refractivity contribution in [2.75, 3.05) is 19.6 Å². The number of nitrogens with one attached hydrogen (secondary N) is 1. The van der Waals surface area contributed by atoms with E-state index in [9.17, 15) is 9.59 Å². The van der Waals surface area contributed by atoms with E-state index in [-0.39, 0.29) is 23.4 Å². The van der Waals surface area contributed by atoms with Gasteiger partial charge in [0.05, 0.1) is 17.6 Å². The van der Waals surface area contributed by atoms with Crippen molar-refractivity contribution in [2.45, 2.75) is 64.7 Å². The van der Waals surface area contributed by atoms with Crippen molar-refractivity contribution in [3.8, 4) is 0 Å². The summed E-state index contributed by atoms with van der Waals surface area (Å²) in [6.45, 7) is 9.42. The van der Waals surface area contributed by atoms with Crippen LogP contribution in [0.4, 0.5) is 0 Å². The maximum atomic E-state index is 11.8. The van der Waals surface area contributed by atoms with Gasteiger partial charge in [-0.1, -0.05) is 12.1 Å². The van der Waals surface area contributed by atoms with Crippen LogP contribution in [0.1, 0.15) is 45.9 Å². The summed E-state index contributed by atoms with van der Waals surface area (Å²) in [5.74, 6) is 1.25. The van der Waals surface area contributed by atoms with Gasteiger partial charge in [-0.15, -0.1) is 0 Å². The van der Waals surface area contributed by atoms with E-state index in [0.717, 1.165) is 63.3 Å². The van der Waals surface area contributed by atoms with Gasteiger partial charge in [0.1, 0.15) is 5.82 Å². The van der Waals surface area contributed by atoms with Crippen LogP contribution >= 0.6 is 0 Å². The first kappa shape index (κ1) is 19.9. The number of hydrogen-bond acceptors (Lipinski definition) is 4. The second kappa shape index (κ2) is 7.78. The van der Waals surface area contributed by atoms with E-state index >= 15 is 0 Å². The molecule has 7 nitrogen and oxygen atoms in total. The lowest BCUT2D eigenvalue weighted by molar-refractivity contribution is -0.131. The minimum absolute atomic E-state index is 0.00970. The third-order valence-electron chi connectivity index (χ3n) is 6.67. The Kier molecular flexibility index (Phi) is 5.34. The molecule has 0 aliphatic carbocycles. The predicted molar refractivity (Wildman–Crippen MR) is 112 cm³/mol. The highest BCUT2D eigenvalue weighted by Gasteiger charge is 2.47. The molecule has 1 N–H and O–H groups in total. The fourth-order valence-electron chi connectivity index (χ4n) is 5.26. The Hall–Kier alpha value is -2.41. The molecule has 1 atom stereocenters. The number of hydrogen-bond donors (Lipinski definition) is 1. The first-order valence-electron chi connectivity index (χ1n) is 10.6. The molecule has 7 heteroatoms. The SMILES string of the molecule is CCn1c(CN2C[C@H](NC(C)=O)CC23CCN(C(C)=O)CC3)nc2ccccc21. The normalized spacial score (nSPS) is 21.8. The van der Waals surface area contributed by atoms with Gasteiger partial charge in [-0.25, -0.2) is 4.98 Å². The average Bonchev–Trinajstić information content (AvgIpc) is 3.19. The molecule has 1 aromatic carbocycles. The Morgan fingerprint density at radius 1 is 1.21 bits per heavy atom. The monoisotopic (exact) mass is 397 g/mol. The average molecular weight is 398 g/mol. The van der Waals surface area contributed by atoms with Crippen LogP contribution in [0.5, 0.6) is 0 Å². The molecule has 0 bridgehead atoms. The van der Waals surface area contributed by atoms with Crippen LogP contribution in [0.2, 0.25) is 0 Å². The lowest BCUT2D eigenvalue weighted by Gasteiger charge is -2.44. The molecule has 2 aliphatic rings. The van der Waals surface area contributed by atoms with E-state index in [0.29, 0.717) is 0 Å². The number of rotatable bonds is 4. The number of aryl methyl sites for hydroxylation is 1. The zero-order valence-corrected chi connectivity index (χ0v) is 17.6. The van der Waals surface area contributed by atoms with E-state index < -0.39 is 0 Å². The van der Waals surface area contributed by atoms with Gasteiger partial charge in [0.2, 0.25) is 11.8 Å². The van der Waals surface area contributed by atoms with E-state index in [4.69, 9.17) is 4.98 Å². The van der Waals surface area contributed by atoms with Gasteiger partial charge in [0.25, 0.3) is 0 Å². The fourth-order valence-corrected chi connectivity index (χ4v) is 5.26. The van der Waals surface area contributed by atoms with E-state index in [1.165, 1.54) is 5.52 Å². The summed E-state index contributed by atoms with van der Waals surface area (Å²) in [7, 11) is 0. The number of amides is 2. The number of likely N-dealkylation sites (tertiary alicyclic amines) is 2. The highest BCUT2D eigenvalue weighted by Crippen LogP contribution is 2.39. The van der Waals surface area contributed by atoms with Crippen LogP contribution in [0.25, 0.3) is 11.0 Å². The van der Waals surface area contributed by atoms with E-state index in [1.807, 2.05) is 11.0 Å². The summed E-state index contributed by atoms with van der Waals surface area (Å²) in [5, 5.41) is 3.13. The summed E-state index contributed by atoms with van der Waals surface area (Å²) >= 11 is 0. The van der Waals surface area contributed by atoms with Crippen LogP contribution < -0.4 is 5.32 Å². The standard InChI is InChI=1S/C22H31N5O2/c1-4-27-20-8-6-5-7-19(20)24-21(27)15-26-14-18(23-16(2)28)13-22(26)9-11-25(12-10-22)17(3)29/h5-8,18H,4,9-15H2,1-3H3,(H,23,28)/t18-/m1/s1. The number of aromatic nitrogens is 2. The molecule has 2 saturated heterocycles. The summed E-state index contributed by atoms with van der Waals surface area (Å²) in [5.41, 5.74) is 2.21. The van der Waals surface area contributed by atoms with Crippen molar-refractivity contribution in [2.24, 2.45) is 0 Å². The summed E-state index contributed by atoms with van der Waals surface area (Å²) < 4.78 is 2.29. The van der Waals surface area contributed by atoms with Crippen LogP contribution in [0, 0.1) is 0 Å². The fraction of sp³-hybridized carbons (Fsp3) is 0.591. The maximum Gasteiger partial charge on any atom is 0.219 e. The van der Waals surface area contributed by atoms with Crippen molar-refractivity contribution in [1.29, 1.82) is 0 Å². The Bertz CT molecular complexity index is 913. The molecular formula is C22H31N5O2. The summed E-state index contributed by atoms with van der Waals surface area (Å²) in [4.78, 5) is 32.9. The zero-order valence-electron chi connectivity index (χ0n) is 17.6. The molecule has 2 amide bonds. The van der Waals surface area contributed by atoms with Gasteiger partial charge < -0.3 is 14.8 Å². The van der Waals surface area contributed by atoms with Crippen molar-refractivity contribution in [3.63, 3.8) is 0 Å². The molecule has 0 saturated carbocycles. The van der Waals surface area contributed by atoms with Crippen LogP contribution in [0.15, 0.2) is 24.3 Å². The second-order valence-corrected chi connectivity index (χ2v) is 8.47. The minimum atomic E-state index is 0.00970. The molecule has 4 rings (SSSR count). The topological polar surface area (TPSA) is 70.5 Å². The molecule has 0 unspecified atom stereocenters. The maximum absolute atomic E-state index is 11.8. The van der Waals surface area contributed by atoms with Gasteiger partial charge in [0.15, 0.2) is 0 Å². The van der Waals surface area contributed by atoms with Crippen molar-refractivity contribution >= 4 is 22.8 Å². The van der Waals surface area contributed by atoms with E-state index in [2.05, 4.69) is 39.9 Å². The molecule has 29 heavy (non-hydrogen) atoms. The van der Waals surface area contributed by atoms with Crippen LogP contribution in [-0.2, 0) is 22.7 Å².